The number of hydrogen-bond acceptors (Lipinski definition) is 5. The predicted molar refractivity (Wildman–Crippen MR) is 51.3 cm³/mol. The Bertz CT molecular complexity index is 69.0. The Hall–Kier alpha value is -0.880. The molecule has 4 N–H and O–H groups in total. The van der Waals surface area contributed by atoms with Gasteiger partial charge >= 0.3 is 0 Å². The molecule has 5 nitrogen and oxygen atoms in total. The second-order valence-corrected chi connectivity index (χ2v) is 0.793. The van der Waals surface area contributed by atoms with Gasteiger partial charge in [-0.15, -0.1) is 0 Å². The van der Waals surface area contributed by atoms with Crippen molar-refractivity contribution in [2.24, 2.45) is 0 Å². The molecule has 1 aromatic rings. The zero-order chi connectivity index (χ0) is 11.5. The first-order valence-electron chi connectivity index (χ1n) is 3.26. The number of furan rings is 1. The summed E-state index contributed by atoms with van der Waals surface area (Å²) >= 11 is 0. The van der Waals surface area contributed by atoms with Gasteiger partial charge in [-0.05, 0) is 12.1 Å². The number of hydrogen-bond donors (Lipinski definition) is 4. The molecule has 0 atom stereocenters. The molecule has 0 radical (unpaired) electrons. The normalized spacial score (nSPS) is 4.92. The average molecular weight is 196 g/mol. The maximum Gasteiger partial charge on any atom is 0.0902 e. The third kappa shape index (κ3) is 54.5. The lowest BCUT2D eigenvalue weighted by atomic mass is 10.7. The topological polar surface area (TPSA) is 94.1 Å². The molecular formula is C8H20O5. The van der Waals surface area contributed by atoms with E-state index < -0.39 is 0 Å². The summed E-state index contributed by atoms with van der Waals surface area (Å²) in [6.45, 7) is 0. The van der Waals surface area contributed by atoms with Crippen molar-refractivity contribution in [1.82, 2.24) is 0 Å². The Labute approximate surface area is 78.9 Å². The van der Waals surface area contributed by atoms with Gasteiger partial charge in [-0.1, -0.05) is 0 Å². The zero-order valence-electron chi connectivity index (χ0n) is 8.51. The minimum atomic E-state index is 1.00. The van der Waals surface area contributed by atoms with Gasteiger partial charge in [0.25, 0.3) is 0 Å². The molecule has 0 aliphatic rings. The molecule has 0 aliphatic heterocycles. The van der Waals surface area contributed by atoms with E-state index in [9.17, 15) is 0 Å². The van der Waals surface area contributed by atoms with Gasteiger partial charge in [0.05, 0.1) is 12.5 Å². The molecule has 1 aromatic heterocycles. The quantitative estimate of drug-likeness (QED) is 0.457. The predicted octanol–water partition coefficient (Wildman–Crippen LogP) is -0.286. The van der Waals surface area contributed by atoms with Crippen LogP contribution in [-0.2, 0) is 0 Å². The molecule has 0 aromatic carbocycles. The van der Waals surface area contributed by atoms with Gasteiger partial charge in [-0.2, -0.15) is 0 Å². The van der Waals surface area contributed by atoms with Crippen molar-refractivity contribution in [2.75, 3.05) is 28.4 Å². The Morgan fingerprint density at radius 3 is 0.923 bits per heavy atom. The largest absolute Gasteiger partial charge is 0.473 e. The highest BCUT2D eigenvalue weighted by Gasteiger charge is 1.58. The highest BCUT2D eigenvalue weighted by Crippen LogP contribution is 1.79. The molecule has 0 saturated heterocycles. The van der Waals surface area contributed by atoms with Gasteiger partial charge in [-0.3, -0.25) is 0 Å². The van der Waals surface area contributed by atoms with Gasteiger partial charge in [0.15, 0.2) is 0 Å². The number of aliphatic hydroxyl groups excluding tert-OH is 4. The Balaban J connectivity index is -0.0000000445. The molecule has 0 aliphatic carbocycles. The summed E-state index contributed by atoms with van der Waals surface area (Å²) in [7, 11) is 4.00. The van der Waals surface area contributed by atoms with Gasteiger partial charge in [0, 0.05) is 28.4 Å². The van der Waals surface area contributed by atoms with E-state index in [-0.39, 0.29) is 0 Å². The maximum absolute atomic E-state index is 7.00. The average Bonchev–Trinajstić information content (AvgIpc) is 2.87. The monoisotopic (exact) mass is 196 g/mol. The van der Waals surface area contributed by atoms with E-state index in [1.54, 1.807) is 12.5 Å². The molecule has 0 unspecified atom stereocenters. The first kappa shape index (κ1) is 22.7. The molecule has 82 valence electrons. The van der Waals surface area contributed by atoms with E-state index in [1.165, 1.54) is 0 Å². The molecule has 0 spiro atoms. The molecule has 1 heterocycles. The van der Waals surface area contributed by atoms with E-state index in [0.29, 0.717) is 0 Å². The van der Waals surface area contributed by atoms with Crippen molar-refractivity contribution >= 4 is 0 Å². The van der Waals surface area contributed by atoms with E-state index in [0.717, 1.165) is 28.4 Å². The highest BCUT2D eigenvalue weighted by atomic mass is 16.3. The summed E-state index contributed by atoms with van der Waals surface area (Å²) in [6.07, 6.45) is 3.25. The lowest BCUT2D eigenvalue weighted by molar-refractivity contribution is 0.399. The van der Waals surface area contributed by atoms with Crippen LogP contribution in [0.15, 0.2) is 29.1 Å². The minimum absolute atomic E-state index is 1.00. The van der Waals surface area contributed by atoms with Crippen LogP contribution in [-0.4, -0.2) is 48.9 Å². The Kier molecular flexibility index (Phi) is 117. The van der Waals surface area contributed by atoms with Gasteiger partial charge in [-0.25, -0.2) is 0 Å². The van der Waals surface area contributed by atoms with Crippen LogP contribution in [0.2, 0.25) is 0 Å². The van der Waals surface area contributed by atoms with E-state index >= 15 is 0 Å². The van der Waals surface area contributed by atoms with Crippen molar-refractivity contribution in [1.29, 1.82) is 0 Å². The minimum Gasteiger partial charge on any atom is -0.473 e. The first-order valence-corrected chi connectivity index (χ1v) is 3.26. The maximum atomic E-state index is 7.00. The molecule has 1 rings (SSSR count). The smallest absolute Gasteiger partial charge is 0.0902 e. The third-order valence-electron chi connectivity index (χ3n) is 0.425. The summed E-state index contributed by atoms with van der Waals surface area (Å²) in [5.74, 6) is 0. The van der Waals surface area contributed by atoms with Gasteiger partial charge < -0.3 is 24.8 Å². The SMILES string of the molecule is CO.CO.CO.CO.c1ccoc1. The third-order valence-corrected chi connectivity index (χ3v) is 0.425. The molecule has 5 heteroatoms. The molecule has 0 saturated carbocycles. The summed E-state index contributed by atoms with van der Waals surface area (Å²) < 4.78 is 4.58. The van der Waals surface area contributed by atoms with E-state index in [1.807, 2.05) is 12.1 Å². The lowest BCUT2D eigenvalue weighted by Crippen LogP contribution is -1.25. The van der Waals surface area contributed by atoms with E-state index in [4.69, 9.17) is 20.4 Å². The number of rotatable bonds is 0. The molecule has 0 fully saturated rings. The second-order valence-electron chi connectivity index (χ2n) is 0.793. The molecule has 13 heavy (non-hydrogen) atoms. The Morgan fingerprint density at radius 1 is 0.615 bits per heavy atom. The zero-order valence-corrected chi connectivity index (χ0v) is 8.51. The molecular weight excluding hydrogens is 176 g/mol. The summed E-state index contributed by atoms with van der Waals surface area (Å²) in [4.78, 5) is 0. The van der Waals surface area contributed by atoms with Crippen LogP contribution >= 0.6 is 0 Å². The molecule has 0 bridgehead atoms. The number of aliphatic hydroxyl groups is 4. The van der Waals surface area contributed by atoms with Crippen LogP contribution in [0, 0.1) is 0 Å². The van der Waals surface area contributed by atoms with Crippen molar-refractivity contribution in [3.63, 3.8) is 0 Å². The van der Waals surface area contributed by atoms with Gasteiger partial charge in [0.2, 0.25) is 0 Å². The fourth-order valence-corrected chi connectivity index (χ4v) is 0.227. The second kappa shape index (κ2) is 67.1. The summed E-state index contributed by atoms with van der Waals surface area (Å²) in [5, 5.41) is 28.0. The van der Waals surface area contributed by atoms with Crippen LogP contribution in [0.5, 0.6) is 0 Å². The Morgan fingerprint density at radius 2 is 0.846 bits per heavy atom. The standard InChI is InChI=1S/C4H4O.4CH4O/c1-2-4-5-3-1;4*1-2/h1-4H;4*2H,1H3. The van der Waals surface area contributed by atoms with Crippen LogP contribution in [0.4, 0.5) is 0 Å². The summed E-state index contributed by atoms with van der Waals surface area (Å²) in [6, 6.07) is 3.67. The fraction of sp³-hybridized carbons (Fsp3) is 0.500. The van der Waals surface area contributed by atoms with Crippen LogP contribution in [0.1, 0.15) is 0 Å². The van der Waals surface area contributed by atoms with Crippen molar-refractivity contribution in [3.05, 3.63) is 24.7 Å². The first-order chi connectivity index (χ1) is 6.50. The lowest BCUT2D eigenvalue weighted by Gasteiger charge is -1.50. The van der Waals surface area contributed by atoms with Gasteiger partial charge in [0.1, 0.15) is 0 Å². The van der Waals surface area contributed by atoms with Crippen LogP contribution in [0.25, 0.3) is 0 Å². The summed E-state index contributed by atoms with van der Waals surface area (Å²) in [5.41, 5.74) is 0. The fourth-order valence-electron chi connectivity index (χ4n) is 0.227. The molecule has 0 amide bonds. The van der Waals surface area contributed by atoms with Crippen LogP contribution < -0.4 is 0 Å². The van der Waals surface area contributed by atoms with Crippen molar-refractivity contribution in [2.45, 2.75) is 0 Å². The van der Waals surface area contributed by atoms with Crippen LogP contribution in [0.3, 0.4) is 0 Å². The van der Waals surface area contributed by atoms with Crippen molar-refractivity contribution < 1.29 is 24.8 Å². The van der Waals surface area contributed by atoms with E-state index in [2.05, 4.69) is 4.42 Å². The van der Waals surface area contributed by atoms with Crippen molar-refractivity contribution in [3.8, 4) is 0 Å². The highest BCUT2D eigenvalue weighted by molar-refractivity contribution is 4.79.